The molecule has 4 aromatic rings. The zero-order valence-electron chi connectivity index (χ0n) is 18.2. The van der Waals surface area contributed by atoms with Gasteiger partial charge >= 0.3 is 12.2 Å². The molecular weight excluding hydrogens is 479 g/mol. The van der Waals surface area contributed by atoms with Crippen LogP contribution in [0.15, 0.2) is 66.9 Å². The lowest BCUT2D eigenvalue weighted by Gasteiger charge is -2.18. The number of rotatable bonds is 5. The van der Waals surface area contributed by atoms with Crippen molar-refractivity contribution in [2.24, 2.45) is 5.73 Å². The van der Waals surface area contributed by atoms with Gasteiger partial charge in [0.25, 0.3) is 11.8 Å². The molecule has 0 saturated carbocycles. The van der Waals surface area contributed by atoms with E-state index in [4.69, 9.17) is 10.5 Å². The number of carbonyl (C=O) groups is 3. The number of fused-ring (bicyclic) bond motifs is 1. The summed E-state index contributed by atoms with van der Waals surface area (Å²) in [4.78, 5) is 45.8. The number of halogens is 3. The summed E-state index contributed by atoms with van der Waals surface area (Å²) in [6, 6.07) is 12.6. The van der Waals surface area contributed by atoms with E-state index in [2.05, 4.69) is 9.97 Å². The maximum absolute atomic E-state index is 13.1. The number of anilines is 2. The normalized spacial score (nSPS) is 14.1. The number of imide groups is 1. The molecule has 2 aromatic carbocycles. The minimum atomic E-state index is -4.58. The number of urea groups is 1. The summed E-state index contributed by atoms with van der Waals surface area (Å²) in [5, 5.41) is 0.525. The molecule has 0 radical (unpaired) electrons. The van der Waals surface area contributed by atoms with Crippen LogP contribution in [0.3, 0.4) is 0 Å². The minimum absolute atomic E-state index is 0.0332. The number of hydrogen-bond acceptors (Lipinski definition) is 5. The third-order valence-electron chi connectivity index (χ3n) is 5.53. The lowest BCUT2D eigenvalue weighted by Crippen LogP contribution is -2.33. The SMILES string of the molecule is NC(=O)c1cc2c(Oc3ccc(N4C(=O)CN(c5cccc(C(F)(F)F)c5)C4=O)cc3)ccnc2[nH]1. The highest BCUT2D eigenvalue weighted by Gasteiger charge is 2.39. The number of nitrogens with one attached hydrogen (secondary N) is 1. The third kappa shape index (κ3) is 4.08. The molecule has 182 valence electrons. The standard InChI is InChI=1S/C24H16F3N5O4/c25-24(26,27)13-2-1-3-15(10-13)31-12-20(33)32(23(31)35)14-4-6-16(7-5-14)36-19-8-9-29-22-17(19)11-18(30-22)21(28)34/h1-11H,12H2,(H2,28,34)(H,29,30). The molecule has 0 aliphatic carbocycles. The average molecular weight is 495 g/mol. The Kier molecular flexibility index (Phi) is 5.35. The Hall–Kier alpha value is -4.87. The second-order valence-electron chi connectivity index (χ2n) is 7.86. The predicted molar refractivity (Wildman–Crippen MR) is 123 cm³/mol. The van der Waals surface area contributed by atoms with E-state index in [0.717, 1.165) is 21.9 Å². The van der Waals surface area contributed by atoms with Crippen LogP contribution in [-0.2, 0) is 11.0 Å². The van der Waals surface area contributed by atoms with Crippen molar-refractivity contribution in [3.05, 3.63) is 78.1 Å². The van der Waals surface area contributed by atoms with Gasteiger partial charge in [0.15, 0.2) is 0 Å². The van der Waals surface area contributed by atoms with Crippen molar-refractivity contribution in [3.63, 3.8) is 0 Å². The summed E-state index contributed by atoms with van der Waals surface area (Å²) in [6.45, 7) is -0.400. The van der Waals surface area contributed by atoms with Gasteiger partial charge in [-0.3, -0.25) is 14.5 Å². The number of primary amides is 1. The molecule has 36 heavy (non-hydrogen) atoms. The van der Waals surface area contributed by atoms with Gasteiger partial charge in [0.05, 0.1) is 16.6 Å². The Bertz CT molecular complexity index is 1510. The molecule has 1 aliphatic heterocycles. The summed E-state index contributed by atoms with van der Waals surface area (Å²) in [6.07, 6.45) is -3.10. The zero-order chi connectivity index (χ0) is 25.6. The summed E-state index contributed by atoms with van der Waals surface area (Å²) in [5.74, 6) is -0.488. The zero-order valence-corrected chi connectivity index (χ0v) is 18.2. The molecule has 0 bridgehead atoms. The molecule has 0 unspecified atom stereocenters. The molecule has 1 aliphatic rings. The number of aromatic nitrogens is 2. The van der Waals surface area contributed by atoms with Crippen LogP contribution < -0.4 is 20.3 Å². The smallest absolute Gasteiger partial charge is 0.416 e. The van der Waals surface area contributed by atoms with Crippen LogP contribution in [-0.4, -0.2) is 34.4 Å². The summed E-state index contributed by atoms with van der Waals surface area (Å²) < 4.78 is 45.1. The van der Waals surface area contributed by atoms with Crippen molar-refractivity contribution in [3.8, 4) is 11.5 Å². The molecule has 3 N–H and O–H groups in total. The second kappa shape index (κ2) is 8.41. The number of amides is 4. The summed E-state index contributed by atoms with van der Waals surface area (Å²) in [5.41, 5.74) is 5.14. The molecular formula is C24H16F3N5O4. The molecule has 0 atom stereocenters. The molecule has 0 spiro atoms. The number of alkyl halides is 3. The van der Waals surface area contributed by atoms with Crippen molar-refractivity contribution >= 4 is 40.3 Å². The van der Waals surface area contributed by atoms with E-state index in [1.54, 1.807) is 6.07 Å². The molecule has 1 fully saturated rings. The molecule has 3 heterocycles. The van der Waals surface area contributed by atoms with Gasteiger partial charge in [-0.25, -0.2) is 14.7 Å². The first-order chi connectivity index (χ1) is 17.1. The van der Waals surface area contributed by atoms with Gasteiger partial charge in [-0.1, -0.05) is 6.07 Å². The quantitative estimate of drug-likeness (QED) is 0.397. The number of nitrogens with two attached hydrogens (primary N) is 1. The highest BCUT2D eigenvalue weighted by Crippen LogP contribution is 2.34. The first-order valence-electron chi connectivity index (χ1n) is 10.5. The number of carbonyl (C=O) groups excluding carboxylic acids is 3. The van der Waals surface area contributed by atoms with Crippen LogP contribution in [0, 0.1) is 0 Å². The Morgan fingerprint density at radius 3 is 2.47 bits per heavy atom. The van der Waals surface area contributed by atoms with Gasteiger partial charge in [-0.2, -0.15) is 13.2 Å². The first-order valence-corrected chi connectivity index (χ1v) is 10.5. The number of ether oxygens (including phenoxy) is 1. The van der Waals surface area contributed by atoms with Gasteiger partial charge in [0.1, 0.15) is 29.4 Å². The topological polar surface area (TPSA) is 122 Å². The highest BCUT2D eigenvalue weighted by atomic mass is 19.4. The molecule has 1 saturated heterocycles. The van der Waals surface area contributed by atoms with Gasteiger partial charge in [-0.05, 0) is 54.6 Å². The maximum atomic E-state index is 13.1. The average Bonchev–Trinajstić information content (AvgIpc) is 3.41. The van der Waals surface area contributed by atoms with Crippen LogP contribution in [0.25, 0.3) is 11.0 Å². The largest absolute Gasteiger partial charge is 0.457 e. The Balaban J connectivity index is 1.37. The van der Waals surface area contributed by atoms with Crippen molar-refractivity contribution < 1.29 is 32.3 Å². The fourth-order valence-electron chi connectivity index (χ4n) is 3.82. The molecule has 12 heteroatoms. The van der Waals surface area contributed by atoms with Crippen molar-refractivity contribution in [2.45, 2.75) is 6.18 Å². The Morgan fingerprint density at radius 2 is 1.78 bits per heavy atom. The van der Waals surface area contributed by atoms with Crippen molar-refractivity contribution in [2.75, 3.05) is 16.3 Å². The Labute approximate surface area is 200 Å². The first kappa shape index (κ1) is 22.9. The highest BCUT2D eigenvalue weighted by molar-refractivity contribution is 6.27. The fourth-order valence-corrected chi connectivity index (χ4v) is 3.82. The monoisotopic (exact) mass is 495 g/mol. The number of aromatic amines is 1. The van der Waals surface area contributed by atoms with E-state index in [1.165, 1.54) is 48.7 Å². The number of pyridine rings is 1. The third-order valence-corrected chi connectivity index (χ3v) is 5.53. The van der Waals surface area contributed by atoms with E-state index >= 15 is 0 Å². The lowest BCUT2D eigenvalue weighted by molar-refractivity contribution is -0.137. The van der Waals surface area contributed by atoms with Crippen LogP contribution in [0.2, 0.25) is 0 Å². The molecule has 4 amide bonds. The fraction of sp³-hybridized carbons (Fsp3) is 0.0833. The maximum Gasteiger partial charge on any atom is 0.416 e. The number of H-pyrrole nitrogens is 1. The van der Waals surface area contributed by atoms with E-state index in [0.29, 0.717) is 22.5 Å². The van der Waals surface area contributed by atoms with Crippen molar-refractivity contribution in [1.82, 2.24) is 9.97 Å². The van der Waals surface area contributed by atoms with Gasteiger partial charge in [-0.15, -0.1) is 0 Å². The number of hydrogen-bond donors (Lipinski definition) is 2. The van der Waals surface area contributed by atoms with Crippen LogP contribution in [0.4, 0.5) is 29.3 Å². The van der Waals surface area contributed by atoms with Crippen LogP contribution >= 0.6 is 0 Å². The minimum Gasteiger partial charge on any atom is -0.457 e. The molecule has 9 nitrogen and oxygen atoms in total. The van der Waals surface area contributed by atoms with Crippen LogP contribution in [0.1, 0.15) is 16.1 Å². The van der Waals surface area contributed by atoms with E-state index in [9.17, 15) is 27.6 Å². The second-order valence-corrected chi connectivity index (χ2v) is 7.86. The van der Waals surface area contributed by atoms with E-state index in [-0.39, 0.29) is 17.1 Å². The van der Waals surface area contributed by atoms with E-state index < -0.39 is 36.1 Å². The van der Waals surface area contributed by atoms with E-state index in [1.807, 2.05) is 0 Å². The van der Waals surface area contributed by atoms with Gasteiger partial charge in [0, 0.05) is 11.9 Å². The lowest BCUT2D eigenvalue weighted by atomic mass is 10.2. The predicted octanol–water partition coefficient (Wildman–Crippen LogP) is 4.45. The Morgan fingerprint density at radius 1 is 1.03 bits per heavy atom. The molecule has 2 aromatic heterocycles. The molecule has 5 rings (SSSR count). The summed E-state index contributed by atoms with van der Waals surface area (Å²) in [7, 11) is 0. The van der Waals surface area contributed by atoms with Gasteiger partial charge in [0.2, 0.25) is 0 Å². The summed E-state index contributed by atoms with van der Waals surface area (Å²) >= 11 is 0. The number of nitrogens with zero attached hydrogens (tertiary/aromatic N) is 3. The number of benzene rings is 2. The van der Waals surface area contributed by atoms with Crippen molar-refractivity contribution in [1.29, 1.82) is 0 Å². The van der Waals surface area contributed by atoms with Crippen LogP contribution in [0.5, 0.6) is 11.5 Å². The van der Waals surface area contributed by atoms with Gasteiger partial charge < -0.3 is 15.5 Å².